The molecule has 0 bridgehead atoms. The van der Waals surface area contributed by atoms with Gasteiger partial charge in [-0.05, 0) is 50.2 Å². The molecule has 2 aromatic rings. The first kappa shape index (κ1) is 23.7. The SMILES string of the molecule is CCNC(=NCC(c1cccs1)N1CCOCC1)NCC(c1cccc(F)c1)N(C)C. The van der Waals surface area contributed by atoms with Crippen LogP contribution in [0.1, 0.15) is 29.4 Å². The van der Waals surface area contributed by atoms with Gasteiger partial charge in [0.2, 0.25) is 0 Å². The average Bonchev–Trinajstić information content (AvgIpc) is 3.29. The highest BCUT2D eigenvalue weighted by Gasteiger charge is 2.23. The summed E-state index contributed by atoms with van der Waals surface area (Å²) < 4.78 is 19.3. The number of nitrogens with zero attached hydrogens (tertiary/aromatic N) is 3. The standard InChI is InChI=1S/C23H34FN5OS/c1-4-25-23(26-16-20(28(2)3)18-7-5-8-19(24)15-18)27-17-21(22-9-6-14-31-22)29-10-12-30-13-11-29/h5-9,14-15,20-21H,4,10-13,16-17H2,1-3H3,(H2,25,26,27). The lowest BCUT2D eigenvalue weighted by Gasteiger charge is -2.33. The van der Waals surface area contributed by atoms with Crippen molar-refractivity contribution >= 4 is 17.3 Å². The smallest absolute Gasteiger partial charge is 0.191 e. The Morgan fingerprint density at radius 1 is 1.23 bits per heavy atom. The predicted octanol–water partition coefficient (Wildman–Crippen LogP) is 3.12. The summed E-state index contributed by atoms with van der Waals surface area (Å²) in [6.07, 6.45) is 0. The van der Waals surface area contributed by atoms with Crippen molar-refractivity contribution in [3.8, 4) is 0 Å². The van der Waals surface area contributed by atoms with E-state index in [-0.39, 0.29) is 17.9 Å². The topological polar surface area (TPSA) is 52.1 Å². The summed E-state index contributed by atoms with van der Waals surface area (Å²) in [5.41, 5.74) is 0.943. The second-order valence-electron chi connectivity index (χ2n) is 7.81. The fourth-order valence-electron chi connectivity index (χ4n) is 3.78. The highest BCUT2D eigenvalue weighted by Crippen LogP contribution is 2.26. The van der Waals surface area contributed by atoms with Gasteiger partial charge in [0, 0.05) is 31.1 Å². The van der Waals surface area contributed by atoms with E-state index in [2.05, 4.69) is 44.9 Å². The van der Waals surface area contributed by atoms with E-state index in [4.69, 9.17) is 9.73 Å². The first-order valence-electron chi connectivity index (χ1n) is 10.9. The minimum absolute atomic E-state index is 0.0342. The van der Waals surface area contributed by atoms with Crippen molar-refractivity contribution in [1.82, 2.24) is 20.4 Å². The molecule has 1 saturated heterocycles. The molecule has 31 heavy (non-hydrogen) atoms. The van der Waals surface area contributed by atoms with Gasteiger partial charge in [0.15, 0.2) is 5.96 Å². The molecule has 0 radical (unpaired) electrons. The molecule has 8 heteroatoms. The van der Waals surface area contributed by atoms with Crippen molar-refractivity contribution in [2.24, 2.45) is 4.99 Å². The Morgan fingerprint density at radius 3 is 2.68 bits per heavy atom. The number of ether oxygens (including phenoxy) is 1. The van der Waals surface area contributed by atoms with Crippen LogP contribution in [0.25, 0.3) is 0 Å². The molecule has 3 rings (SSSR count). The summed E-state index contributed by atoms with van der Waals surface area (Å²) in [7, 11) is 4.01. The van der Waals surface area contributed by atoms with Gasteiger partial charge in [-0.15, -0.1) is 11.3 Å². The van der Waals surface area contributed by atoms with Crippen LogP contribution < -0.4 is 10.6 Å². The number of benzene rings is 1. The second-order valence-corrected chi connectivity index (χ2v) is 8.79. The number of likely N-dealkylation sites (N-methyl/N-ethyl adjacent to an activating group) is 1. The minimum Gasteiger partial charge on any atom is -0.379 e. The zero-order chi connectivity index (χ0) is 22.1. The maximum absolute atomic E-state index is 13.7. The molecule has 0 spiro atoms. The van der Waals surface area contributed by atoms with Crippen LogP contribution in [0.3, 0.4) is 0 Å². The molecule has 1 aromatic heterocycles. The number of hydrogen-bond donors (Lipinski definition) is 2. The lowest BCUT2D eigenvalue weighted by Crippen LogP contribution is -2.43. The Balaban J connectivity index is 1.70. The number of guanidine groups is 1. The summed E-state index contributed by atoms with van der Waals surface area (Å²) in [5.74, 6) is 0.565. The molecule has 2 heterocycles. The molecule has 2 atom stereocenters. The number of halogens is 1. The summed E-state index contributed by atoms with van der Waals surface area (Å²) in [4.78, 5) is 10.8. The largest absolute Gasteiger partial charge is 0.379 e. The zero-order valence-electron chi connectivity index (χ0n) is 18.7. The van der Waals surface area contributed by atoms with Crippen LogP contribution in [-0.4, -0.2) is 75.8 Å². The molecule has 2 unspecified atom stereocenters. The number of morpholine rings is 1. The molecular formula is C23H34FN5OS. The van der Waals surface area contributed by atoms with E-state index in [9.17, 15) is 4.39 Å². The van der Waals surface area contributed by atoms with Crippen LogP contribution in [0.15, 0.2) is 46.8 Å². The van der Waals surface area contributed by atoms with E-state index < -0.39 is 0 Å². The fraction of sp³-hybridized carbons (Fsp3) is 0.522. The van der Waals surface area contributed by atoms with Gasteiger partial charge >= 0.3 is 0 Å². The van der Waals surface area contributed by atoms with Gasteiger partial charge in [-0.1, -0.05) is 18.2 Å². The van der Waals surface area contributed by atoms with Crippen LogP contribution in [0.5, 0.6) is 0 Å². The maximum Gasteiger partial charge on any atom is 0.191 e. The van der Waals surface area contributed by atoms with Crippen LogP contribution in [0, 0.1) is 5.82 Å². The third-order valence-electron chi connectivity index (χ3n) is 5.44. The zero-order valence-corrected chi connectivity index (χ0v) is 19.5. The molecule has 1 aliphatic rings. The quantitative estimate of drug-likeness (QED) is 0.457. The Morgan fingerprint density at radius 2 is 2.03 bits per heavy atom. The van der Waals surface area contributed by atoms with Gasteiger partial charge in [-0.25, -0.2) is 4.39 Å². The lowest BCUT2D eigenvalue weighted by atomic mass is 10.1. The number of nitrogens with one attached hydrogen (secondary N) is 2. The van der Waals surface area contributed by atoms with Crippen molar-refractivity contribution in [3.63, 3.8) is 0 Å². The molecule has 0 saturated carbocycles. The molecule has 6 nitrogen and oxygen atoms in total. The highest BCUT2D eigenvalue weighted by molar-refractivity contribution is 7.10. The normalized spacial score (nSPS) is 17.5. The second kappa shape index (κ2) is 12.1. The number of rotatable bonds is 9. The molecule has 0 aliphatic carbocycles. The Bertz CT molecular complexity index is 808. The first-order valence-corrected chi connectivity index (χ1v) is 11.8. The van der Waals surface area contributed by atoms with Gasteiger partial charge in [0.25, 0.3) is 0 Å². The molecule has 2 N–H and O–H groups in total. The third-order valence-corrected chi connectivity index (χ3v) is 6.42. The summed E-state index contributed by atoms with van der Waals surface area (Å²) in [5, 5.41) is 8.93. The van der Waals surface area contributed by atoms with E-state index in [1.54, 1.807) is 23.5 Å². The Hall–Kier alpha value is -2.00. The van der Waals surface area contributed by atoms with Gasteiger partial charge in [-0.2, -0.15) is 0 Å². The maximum atomic E-state index is 13.7. The van der Waals surface area contributed by atoms with Crippen molar-refractivity contribution < 1.29 is 9.13 Å². The van der Waals surface area contributed by atoms with Crippen molar-refractivity contribution in [2.75, 3.05) is 60.0 Å². The van der Waals surface area contributed by atoms with Crippen LogP contribution >= 0.6 is 11.3 Å². The molecule has 1 aliphatic heterocycles. The predicted molar refractivity (Wildman–Crippen MR) is 126 cm³/mol. The highest BCUT2D eigenvalue weighted by atomic mass is 32.1. The van der Waals surface area contributed by atoms with E-state index in [0.29, 0.717) is 13.1 Å². The average molecular weight is 448 g/mol. The Kier molecular flexibility index (Phi) is 9.27. The van der Waals surface area contributed by atoms with Gasteiger partial charge in [0.1, 0.15) is 5.82 Å². The van der Waals surface area contributed by atoms with Crippen LogP contribution in [0.2, 0.25) is 0 Å². The minimum atomic E-state index is -0.214. The summed E-state index contributed by atoms with van der Waals surface area (Å²) in [6, 6.07) is 11.4. The molecule has 1 fully saturated rings. The van der Waals surface area contributed by atoms with Crippen molar-refractivity contribution in [3.05, 3.63) is 58.0 Å². The molecular weight excluding hydrogens is 413 g/mol. The number of thiophene rings is 1. The van der Waals surface area contributed by atoms with E-state index in [1.165, 1.54) is 10.9 Å². The Labute approximate surface area is 189 Å². The summed E-state index contributed by atoms with van der Waals surface area (Å²) in [6.45, 7) is 7.51. The third kappa shape index (κ3) is 7.00. The van der Waals surface area contributed by atoms with E-state index in [0.717, 1.165) is 44.4 Å². The van der Waals surface area contributed by atoms with Crippen LogP contribution in [-0.2, 0) is 4.74 Å². The van der Waals surface area contributed by atoms with E-state index >= 15 is 0 Å². The number of aliphatic imine (C=N–C) groups is 1. The van der Waals surface area contributed by atoms with Gasteiger partial charge < -0.3 is 20.3 Å². The lowest BCUT2D eigenvalue weighted by molar-refractivity contribution is 0.0186. The molecule has 1 aromatic carbocycles. The van der Waals surface area contributed by atoms with Crippen molar-refractivity contribution in [1.29, 1.82) is 0 Å². The van der Waals surface area contributed by atoms with Gasteiger partial charge in [0.05, 0.1) is 31.8 Å². The first-order chi connectivity index (χ1) is 15.1. The van der Waals surface area contributed by atoms with E-state index in [1.807, 2.05) is 20.2 Å². The molecule has 0 amide bonds. The number of hydrogen-bond acceptors (Lipinski definition) is 5. The molecule has 170 valence electrons. The fourth-order valence-corrected chi connectivity index (χ4v) is 4.63. The van der Waals surface area contributed by atoms with Crippen LogP contribution in [0.4, 0.5) is 4.39 Å². The monoisotopic (exact) mass is 447 g/mol. The van der Waals surface area contributed by atoms with Crippen molar-refractivity contribution in [2.45, 2.75) is 19.0 Å². The van der Waals surface area contributed by atoms with Gasteiger partial charge in [-0.3, -0.25) is 9.89 Å². The summed E-state index contributed by atoms with van der Waals surface area (Å²) >= 11 is 1.78.